The summed E-state index contributed by atoms with van der Waals surface area (Å²) in [5.41, 5.74) is -2.47. The predicted molar refractivity (Wildman–Crippen MR) is 514 cm³/mol. The maximum atomic E-state index is 14.3. The molecule has 114 heavy (non-hydrogen) atoms. The molecule has 0 aromatic rings. The van der Waals surface area contributed by atoms with Crippen LogP contribution in [0.15, 0.2) is 0 Å². The number of hydrogen-bond acceptors (Lipinski definition) is 12. The van der Waals surface area contributed by atoms with E-state index in [0.717, 1.165) is 24.9 Å². The second-order valence-corrected chi connectivity index (χ2v) is 94.1. The lowest BCUT2D eigenvalue weighted by molar-refractivity contribution is -0.141. The van der Waals surface area contributed by atoms with Gasteiger partial charge in [0, 0.05) is 55.5 Å². The molecule has 0 aromatic heterocycles. The molecular weight excluding hydrogens is 1590 g/mol. The molecule has 0 heterocycles. The average molecular weight is 1780 g/mol. The second kappa shape index (κ2) is 41.2. The zero-order valence-electron chi connectivity index (χ0n) is 84.1. The second-order valence-electron chi connectivity index (χ2n) is 47.3. The van der Waals surface area contributed by atoms with E-state index in [1.54, 1.807) is 0 Å². The fourth-order valence-corrected chi connectivity index (χ4v) is 49.1. The summed E-state index contributed by atoms with van der Waals surface area (Å²) < 4.78 is 61.0. The van der Waals surface area contributed by atoms with Crippen LogP contribution >= 0.6 is 0 Å². The van der Waals surface area contributed by atoms with Gasteiger partial charge in [-0.15, -0.1) is 0 Å². The van der Waals surface area contributed by atoms with E-state index in [0.29, 0.717) is 63.7 Å². The van der Waals surface area contributed by atoms with E-state index < -0.39 is 160 Å². The van der Waals surface area contributed by atoms with Gasteiger partial charge in [0.2, 0.25) is 28.4 Å². The van der Waals surface area contributed by atoms with Crippen LogP contribution in [0.4, 0.5) is 0 Å². The summed E-state index contributed by atoms with van der Waals surface area (Å²) >= 11 is 0. The summed E-state index contributed by atoms with van der Waals surface area (Å²) in [5, 5.41) is 23.6. The lowest BCUT2D eigenvalue weighted by Crippen LogP contribution is -2.67. The van der Waals surface area contributed by atoms with Gasteiger partial charge in [0.05, 0.1) is 61.8 Å². The van der Waals surface area contributed by atoms with Gasteiger partial charge in [-0.1, -0.05) is 180 Å². The van der Waals surface area contributed by atoms with Crippen LogP contribution in [0, 0.1) is 17.8 Å². The SMILES string of the molecule is CCCCCC[Si](C)(OC(C)(C)C(C)(C)[Si](C)(C)OC(C)(C)C(C)(C)[Si](C)(CCCC(CC(=O)O)C(=O)NCCCC(C)CNC(=O)C(CCC[Si](C)(OC(C)(C)[Si](C)(C)C)C(C)(C)C(C)(C)O[Si](C)(C)C(C)(C)C(C)(C)O[Si](C)(CCCCCC)C(C)(C)O[Si](C)(C)C)CC(=O)O)OC(C)(C)[Si](C)(C)C)C(C)(C)O[Si](C)(C)C. The minimum atomic E-state index is -2.92. The standard InChI is InChI=1S/C88H192N2O14Si10/c1-48-50-52-54-63-113(46,87(24,25)101-107(34,35)36)99-77(4,5)81(12,13)109(40,41)97-79(8,9)83(16,17)111(44,103-85(20,21)105(28,29)30)65-57-60-71(67-73(91)92)75(95)89-62-56-59-70(3)69-90-76(96)72(68-74(93)94)61-58-66-112(45,104-86(22,23)106(31,32)33)84(18,19)80(10,11)98-110(42,43)82(14,15)78(6,7)100-114(47,64-55-53-51-49-2)88(26,27)102-108(37,38)39/h70-72H,48-69H2,1-47H3,(H,89,95)(H,90,96)(H,91,92)(H,93,94). The normalized spacial score (nSPS) is 17.6. The summed E-state index contributed by atoms with van der Waals surface area (Å²) in [6.07, 6.45) is 12.1. The molecule has 0 saturated heterocycles. The van der Waals surface area contributed by atoms with Gasteiger partial charge < -0.3 is 56.3 Å². The third-order valence-electron chi connectivity index (χ3n) is 30.7. The fourth-order valence-electron chi connectivity index (χ4n) is 16.6. The number of carboxylic acids is 2. The highest BCUT2D eigenvalue weighted by Gasteiger charge is 2.66. The number of hydrogen-bond donors (Lipinski definition) is 4. The van der Waals surface area contributed by atoms with Gasteiger partial charge in [0.15, 0.2) is 49.9 Å². The number of nitrogens with one attached hydrogen (secondary N) is 2. The topological polar surface area (TPSA) is 207 Å². The van der Waals surface area contributed by atoms with E-state index in [1.165, 1.54) is 38.5 Å². The lowest BCUT2D eigenvalue weighted by Gasteiger charge is -2.60. The van der Waals surface area contributed by atoms with Gasteiger partial charge in [0.1, 0.15) is 0 Å². The number of carbonyl (C=O) groups is 4. The van der Waals surface area contributed by atoms with Gasteiger partial charge in [-0.2, -0.15) is 0 Å². The van der Waals surface area contributed by atoms with Crippen LogP contribution in [0.1, 0.15) is 290 Å². The van der Waals surface area contributed by atoms with Crippen molar-refractivity contribution in [3.63, 3.8) is 0 Å². The first-order valence-electron chi connectivity index (χ1n) is 44.9. The van der Waals surface area contributed by atoms with E-state index in [-0.39, 0.29) is 40.7 Å². The maximum absolute atomic E-state index is 14.3. The molecule has 0 aromatic carbocycles. The third-order valence-corrected chi connectivity index (χ3v) is 71.3. The highest BCUT2D eigenvalue weighted by atomic mass is 28.4. The van der Waals surface area contributed by atoms with Crippen molar-refractivity contribution in [2.45, 2.75) is 508 Å². The van der Waals surface area contributed by atoms with E-state index in [2.05, 4.69) is 329 Å². The zero-order chi connectivity index (χ0) is 90.7. The Morgan fingerprint density at radius 3 is 0.868 bits per heavy atom. The van der Waals surface area contributed by atoms with Crippen LogP contribution < -0.4 is 10.6 Å². The van der Waals surface area contributed by atoms with Gasteiger partial charge in [0.25, 0.3) is 0 Å². The molecule has 4 N–H and O–H groups in total. The van der Waals surface area contributed by atoms with E-state index in [9.17, 15) is 29.4 Å². The minimum absolute atomic E-state index is 0.0171. The van der Waals surface area contributed by atoms with Crippen molar-refractivity contribution < 1.29 is 64.8 Å². The molecule has 26 heteroatoms. The Labute approximate surface area is 716 Å². The Kier molecular flexibility index (Phi) is 41.1. The molecule has 0 aliphatic rings. The van der Waals surface area contributed by atoms with Crippen LogP contribution in [0.25, 0.3) is 0 Å². The number of amides is 2. The molecule has 0 aliphatic carbocycles. The molecule has 0 bridgehead atoms. The van der Waals surface area contributed by atoms with Crippen molar-refractivity contribution in [2.75, 3.05) is 13.1 Å². The Morgan fingerprint density at radius 1 is 0.316 bits per heavy atom. The molecule has 7 atom stereocenters. The molecule has 678 valence electrons. The smallest absolute Gasteiger partial charge is 0.304 e. The third kappa shape index (κ3) is 30.6. The molecule has 0 saturated carbocycles. The van der Waals surface area contributed by atoms with Crippen LogP contribution in [0.2, 0.25) is 175 Å². The Balaban J connectivity index is 6.92. The number of carbonyl (C=O) groups excluding carboxylic acids is 2. The van der Waals surface area contributed by atoms with Crippen molar-refractivity contribution in [1.82, 2.24) is 10.6 Å². The molecule has 16 nitrogen and oxygen atoms in total. The highest BCUT2D eigenvalue weighted by molar-refractivity contribution is 6.84. The molecule has 0 aliphatic heterocycles. The zero-order valence-corrected chi connectivity index (χ0v) is 94.1. The van der Waals surface area contributed by atoms with E-state index in [1.807, 2.05) is 0 Å². The average Bonchev–Trinajstić information content (AvgIpc) is 0.729. The number of rotatable bonds is 58. The first kappa shape index (κ1) is 114. The van der Waals surface area contributed by atoms with Gasteiger partial charge in [-0.05, 0) is 258 Å². The van der Waals surface area contributed by atoms with Crippen molar-refractivity contribution in [1.29, 1.82) is 0 Å². The summed E-state index contributed by atoms with van der Waals surface area (Å²) in [7, 11) is -24.2. The first-order valence-corrected chi connectivity index (χ1v) is 75.0. The summed E-state index contributed by atoms with van der Waals surface area (Å²) in [5.74, 6) is -4.04. The first-order chi connectivity index (χ1) is 50.3. The Bertz CT molecular complexity index is 3020. The predicted octanol–water partition coefficient (Wildman–Crippen LogP) is 26.2. The van der Waals surface area contributed by atoms with Crippen LogP contribution in [0.3, 0.4) is 0 Å². The molecule has 0 radical (unpaired) electrons. The van der Waals surface area contributed by atoms with Crippen molar-refractivity contribution in [3.8, 4) is 0 Å². The summed E-state index contributed by atoms with van der Waals surface area (Å²) in [4.78, 5) is 53.9. The largest absolute Gasteiger partial charge is 0.481 e. The lowest BCUT2D eigenvalue weighted by atomic mass is 9.93. The quantitative estimate of drug-likeness (QED) is 0.0330. The van der Waals surface area contributed by atoms with Crippen molar-refractivity contribution >= 4 is 106 Å². The van der Waals surface area contributed by atoms with E-state index >= 15 is 0 Å². The number of aliphatic carboxylic acids is 2. The summed E-state index contributed by atoms with van der Waals surface area (Å²) in [6.45, 7) is 109. The van der Waals surface area contributed by atoms with Crippen LogP contribution in [0.5, 0.6) is 0 Å². The van der Waals surface area contributed by atoms with Gasteiger partial charge in [-0.3, -0.25) is 19.2 Å². The van der Waals surface area contributed by atoms with Crippen LogP contribution in [-0.4, -0.2) is 173 Å². The molecule has 2 amide bonds. The Morgan fingerprint density at radius 2 is 0.596 bits per heavy atom. The molecular formula is C88H192N2O14Si10. The fraction of sp³-hybridized carbons (Fsp3) is 0.955. The van der Waals surface area contributed by atoms with E-state index in [4.69, 9.17) is 35.4 Å². The minimum Gasteiger partial charge on any atom is -0.481 e. The molecule has 0 rings (SSSR count). The maximum Gasteiger partial charge on any atom is 0.304 e. The summed E-state index contributed by atoms with van der Waals surface area (Å²) in [6, 6.07) is 3.46. The monoisotopic (exact) mass is 1780 g/mol. The van der Waals surface area contributed by atoms with Gasteiger partial charge >= 0.3 is 11.9 Å². The molecule has 7 unspecified atom stereocenters. The number of unbranched alkanes of at least 4 members (excludes halogenated alkanes) is 6. The van der Waals surface area contributed by atoms with Crippen molar-refractivity contribution in [2.24, 2.45) is 17.8 Å². The molecule has 0 spiro atoms. The number of carboxylic acid groups (broad SMARTS) is 2. The van der Waals surface area contributed by atoms with Gasteiger partial charge in [-0.25, -0.2) is 0 Å². The molecule has 0 fully saturated rings. The van der Waals surface area contributed by atoms with Crippen molar-refractivity contribution in [3.05, 3.63) is 0 Å². The highest BCUT2D eigenvalue weighted by Crippen LogP contribution is 2.61. The Hall–Kier alpha value is -0.271. The van der Waals surface area contributed by atoms with Crippen LogP contribution in [-0.2, 0) is 54.6 Å².